The zero-order valence-electron chi connectivity index (χ0n) is 18.6. The van der Waals surface area contributed by atoms with Gasteiger partial charge >= 0.3 is 0 Å². The summed E-state index contributed by atoms with van der Waals surface area (Å²) in [7, 11) is 1.63. The fraction of sp³-hybridized carbons (Fsp3) is 0.261. The number of aromatic amines is 1. The van der Waals surface area contributed by atoms with Gasteiger partial charge in [0.1, 0.15) is 5.75 Å². The lowest BCUT2D eigenvalue weighted by Gasteiger charge is -2.22. The van der Waals surface area contributed by atoms with E-state index in [0.717, 1.165) is 27.6 Å². The molecule has 1 unspecified atom stereocenters. The van der Waals surface area contributed by atoms with Crippen LogP contribution in [0, 0.1) is 0 Å². The van der Waals surface area contributed by atoms with Gasteiger partial charge in [-0.15, -0.1) is 21.5 Å². The number of thiophene rings is 1. The zero-order valence-corrected chi connectivity index (χ0v) is 20.2. The highest BCUT2D eigenvalue weighted by Gasteiger charge is 2.33. The third-order valence-corrected chi connectivity index (χ3v) is 7.44. The smallest absolute Gasteiger partial charge is 0.253 e. The van der Waals surface area contributed by atoms with Crippen LogP contribution in [0.1, 0.15) is 35.5 Å². The summed E-state index contributed by atoms with van der Waals surface area (Å²) in [5, 5.41) is 17.1. The Bertz CT molecular complexity index is 1410. The number of hydrazone groups is 1. The van der Waals surface area contributed by atoms with Crippen molar-refractivity contribution in [2.45, 2.75) is 31.0 Å². The van der Waals surface area contributed by atoms with Gasteiger partial charge in [-0.2, -0.15) is 5.10 Å². The number of ether oxygens (including phenoxy) is 1. The molecule has 0 aliphatic carbocycles. The van der Waals surface area contributed by atoms with Gasteiger partial charge in [0, 0.05) is 18.2 Å². The normalized spacial score (nSPS) is 15.6. The lowest BCUT2D eigenvalue weighted by Crippen LogP contribution is -2.28. The van der Waals surface area contributed by atoms with Gasteiger partial charge in [0.25, 0.3) is 11.5 Å². The number of aromatic nitrogens is 4. The van der Waals surface area contributed by atoms with E-state index in [2.05, 4.69) is 15.2 Å². The van der Waals surface area contributed by atoms with Crippen molar-refractivity contribution in [2.75, 3.05) is 12.9 Å². The van der Waals surface area contributed by atoms with Gasteiger partial charge < -0.3 is 4.74 Å². The number of carbonyl (C=O) groups is 1. The van der Waals surface area contributed by atoms with E-state index in [9.17, 15) is 9.59 Å². The molecular formula is C23H22N6O3S2. The van der Waals surface area contributed by atoms with Crippen molar-refractivity contribution < 1.29 is 9.53 Å². The van der Waals surface area contributed by atoms with E-state index < -0.39 is 0 Å². The van der Waals surface area contributed by atoms with Gasteiger partial charge in [0.2, 0.25) is 5.78 Å². The Morgan fingerprint density at radius 1 is 1.26 bits per heavy atom. The molecule has 34 heavy (non-hydrogen) atoms. The zero-order chi connectivity index (χ0) is 23.7. The first-order valence-corrected chi connectivity index (χ1v) is 12.6. The summed E-state index contributed by atoms with van der Waals surface area (Å²) in [5.74, 6) is 1.14. The van der Waals surface area contributed by atoms with Gasteiger partial charge in [-0.1, -0.05) is 36.9 Å². The molecule has 9 nitrogen and oxygen atoms in total. The third kappa shape index (κ3) is 4.24. The number of thioether (sulfide) groups is 1. The number of nitrogens with one attached hydrogen (secondary N) is 1. The van der Waals surface area contributed by atoms with Crippen molar-refractivity contribution in [2.24, 2.45) is 5.10 Å². The summed E-state index contributed by atoms with van der Waals surface area (Å²) < 4.78 is 7.06. The Hall–Kier alpha value is -3.44. The van der Waals surface area contributed by atoms with Gasteiger partial charge in [-0.3, -0.25) is 19.0 Å². The lowest BCUT2D eigenvalue weighted by atomic mass is 10.0. The lowest BCUT2D eigenvalue weighted by molar-refractivity contribution is -0.130. The van der Waals surface area contributed by atoms with Crippen LogP contribution in [0.25, 0.3) is 5.78 Å². The van der Waals surface area contributed by atoms with Crippen molar-refractivity contribution >= 4 is 40.5 Å². The van der Waals surface area contributed by atoms with Crippen molar-refractivity contribution in [3.8, 4) is 5.75 Å². The molecule has 1 amide bonds. The molecule has 0 bridgehead atoms. The van der Waals surface area contributed by atoms with Gasteiger partial charge in [-0.05, 0) is 35.6 Å². The molecule has 4 heterocycles. The minimum absolute atomic E-state index is 0.128. The van der Waals surface area contributed by atoms with Gasteiger partial charge in [0.05, 0.1) is 29.5 Å². The maximum atomic E-state index is 13.4. The second-order valence-corrected chi connectivity index (χ2v) is 9.55. The van der Waals surface area contributed by atoms with Crippen molar-refractivity contribution in [3.05, 3.63) is 74.3 Å². The number of H-pyrrole nitrogens is 1. The Balaban J connectivity index is 1.41. The monoisotopic (exact) mass is 494 g/mol. The molecule has 5 rings (SSSR count). The maximum Gasteiger partial charge on any atom is 0.253 e. The van der Waals surface area contributed by atoms with Crippen LogP contribution in [0.5, 0.6) is 5.75 Å². The molecule has 0 spiro atoms. The second-order valence-electron chi connectivity index (χ2n) is 7.66. The van der Waals surface area contributed by atoms with Crippen molar-refractivity contribution in [3.63, 3.8) is 0 Å². The fourth-order valence-electron chi connectivity index (χ4n) is 3.94. The van der Waals surface area contributed by atoms with Crippen LogP contribution in [0.3, 0.4) is 0 Å². The molecule has 1 N–H and O–H groups in total. The van der Waals surface area contributed by atoms with E-state index in [1.165, 1.54) is 17.8 Å². The highest BCUT2D eigenvalue weighted by Crippen LogP contribution is 2.35. The molecule has 1 atom stereocenters. The van der Waals surface area contributed by atoms with Crippen molar-refractivity contribution in [1.29, 1.82) is 0 Å². The fourth-order valence-corrected chi connectivity index (χ4v) is 5.47. The summed E-state index contributed by atoms with van der Waals surface area (Å²) in [5.41, 5.74) is 2.45. The molecule has 174 valence electrons. The quantitative estimate of drug-likeness (QED) is 0.394. The SMILES string of the molecule is CCc1cc(=O)[nH]c2nnc(SCC(=O)N3N=C(c4cccs4)CC3c3ccc(OC)cc3)n12. The number of nitrogens with zero attached hydrogens (tertiary/aromatic N) is 5. The van der Waals surface area contributed by atoms with Crippen LogP contribution in [0.4, 0.5) is 0 Å². The summed E-state index contributed by atoms with van der Waals surface area (Å²) in [6, 6.07) is 13.1. The predicted octanol–water partition coefficient (Wildman–Crippen LogP) is 3.52. The third-order valence-electron chi connectivity index (χ3n) is 5.61. The molecule has 11 heteroatoms. The number of carbonyl (C=O) groups excluding carboxylic acids is 1. The van der Waals surface area contributed by atoms with Gasteiger partial charge in [0.15, 0.2) is 5.16 Å². The first-order chi connectivity index (χ1) is 16.6. The van der Waals surface area contributed by atoms with E-state index in [-0.39, 0.29) is 23.3 Å². The largest absolute Gasteiger partial charge is 0.497 e. The summed E-state index contributed by atoms with van der Waals surface area (Å²) in [4.78, 5) is 28.9. The number of hydrogen-bond acceptors (Lipinski definition) is 8. The highest BCUT2D eigenvalue weighted by atomic mass is 32.2. The van der Waals surface area contributed by atoms with Crippen molar-refractivity contribution in [1.82, 2.24) is 24.6 Å². The first kappa shape index (κ1) is 22.4. The molecule has 0 saturated carbocycles. The number of methoxy groups -OCH3 is 1. The molecule has 1 aromatic carbocycles. The number of hydrogen-bond donors (Lipinski definition) is 1. The molecule has 3 aromatic heterocycles. The average molecular weight is 495 g/mol. The standard InChI is InChI=1S/C23H22N6O3S2/c1-3-15-11-20(30)24-22-25-26-23(28(15)22)34-13-21(31)29-18(14-6-8-16(32-2)9-7-14)12-17(27-29)19-5-4-10-33-19/h4-11,18H,3,12-13H2,1-2H3,(H,24,25,30). The van der Waals surface area contributed by atoms with E-state index in [1.807, 2.05) is 48.7 Å². The number of amides is 1. The summed E-state index contributed by atoms with van der Waals surface area (Å²) in [6.45, 7) is 1.96. The van der Waals surface area contributed by atoms with Crippen LogP contribution in [-0.2, 0) is 11.2 Å². The Morgan fingerprint density at radius 3 is 2.79 bits per heavy atom. The predicted molar refractivity (Wildman–Crippen MR) is 132 cm³/mol. The first-order valence-electron chi connectivity index (χ1n) is 10.7. The number of aryl methyl sites for hydroxylation is 1. The summed E-state index contributed by atoms with van der Waals surface area (Å²) in [6.07, 6.45) is 1.28. The molecule has 0 saturated heterocycles. The van der Waals surface area contributed by atoms with Gasteiger partial charge in [-0.25, -0.2) is 5.01 Å². The van der Waals surface area contributed by atoms with Crippen LogP contribution in [-0.4, -0.2) is 49.1 Å². The van der Waals surface area contributed by atoms with E-state index in [0.29, 0.717) is 23.8 Å². The van der Waals surface area contributed by atoms with Crippen LogP contribution >= 0.6 is 23.1 Å². The molecule has 0 radical (unpaired) electrons. The molecule has 1 aliphatic rings. The Labute approximate surface area is 203 Å². The minimum atomic E-state index is -0.223. The number of fused-ring (bicyclic) bond motifs is 1. The van der Waals surface area contributed by atoms with Crippen LogP contribution < -0.4 is 10.3 Å². The Morgan fingerprint density at radius 2 is 2.09 bits per heavy atom. The summed E-state index contributed by atoms with van der Waals surface area (Å²) >= 11 is 2.89. The second kappa shape index (κ2) is 9.43. The highest BCUT2D eigenvalue weighted by molar-refractivity contribution is 7.99. The molecule has 1 aliphatic heterocycles. The van der Waals surface area contributed by atoms with Crippen LogP contribution in [0.15, 0.2) is 62.9 Å². The number of rotatable bonds is 7. The molecule has 4 aromatic rings. The van der Waals surface area contributed by atoms with Crippen LogP contribution in [0.2, 0.25) is 0 Å². The minimum Gasteiger partial charge on any atom is -0.497 e. The molecular weight excluding hydrogens is 472 g/mol. The molecule has 0 fully saturated rings. The topological polar surface area (TPSA) is 105 Å². The number of benzene rings is 1. The average Bonchev–Trinajstić information content (AvgIpc) is 3.61. The van der Waals surface area contributed by atoms with E-state index in [1.54, 1.807) is 27.9 Å². The van der Waals surface area contributed by atoms with E-state index >= 15 is 0 Å². The van der Waals surface area contributed by atoms with E-state index in [4.69, 9.17) is 9.84 Å². The maximum absolute atomic E-state index is 13.4. The Kier molecular flexibility index (Phi) is 6.20.